The van der Waals surface area contributed by atoms with E-state index in [2.05, 4.69) is 24.3 Å². The van der Waals surface area contributed by atoms with Crippen LogP contribution in [0.3, 0.4) is 0 Å². The summed E-state index contributed by atoms with van der Waals surface area (Å²) in [5, 5.41) is 6.67. The van der Waals surface area contributed by atoms with Crippen LogP contribution in [0.2, 0.25) is 0 Å². The number of allylic oxidation sites excluding steroid dienone is 2. The van der Waals surface area contributed by atoms with Gasteiger partial charge in [0.1, 0.15) is 18.5 Å². The lowest BCUT2D eigenvalue weighted by Gasteiger charge is -2.35. The van der Waals surface area contributed by atoms with Crippen molar-refractivity contribution in [1.82, 2.24) is 5.32 Å². The van der Waals surface area contributed by atoms with E-state index in [4.69, 9.17) is 9.57 Å². The molecule has 0 bridgehead atoms. The Hall–Kier alpha value is -2.56. The van der Waals surface area contributed by atoms with Crippen LogP contribution in [0.5, 0.6) is 5.75 Å². The molecule has 0 saturated heterocycles. The van der Waals surface area contributed by atoms with Gasteiger partial charge in [-0.05, 0) is 63.8 Å². The number of oxime groups is 1. The van der Waals surface area contributed by atoms with Crippen LogP contribution in [0.4, 0.5) is 0 Å². The molecule has 1 aliphatic carbocycles. The van der Waals surface area contributed by atoms with Crippen LogP contribution in [0.15, 0.2) is 57.8 Å². The largest absolute Gasteiger partial charge is 0.483 e. The molecule has 1 aliphatic rings. The molecule has 0 saturated carbocycles. The monoisotopic (exact) mass is 356 g/mol. The van der Waals surface area contributed by atoms with Gasteiger partial charge in [0, 0.05) is 7.05 Å². The van der Waals surface area contributed by atoms with Crippen molar-refractivity contribution >= 4 is 11.6 Å². The van der Waals surface area contributed by atoms with Crippen LogP contribution < -0.4 is 10.1 Å². The zero-order chi connectivity index (χ0) is 19.3. The number of nitrogens with one attached hydrogen (secondary N) is 1. The van der Waals surface area contributed by atoms with Crippen LogP contribution in [0.1, 0.15) is 40.5 Å². The molecule has 2 rings (SSSR count). The number of para-hydroxylation sites is 1. The zero-order valence-electron chi connectivity index (χ0n) is 16.5. The number of carbonyl (C=O) groups is 1. The van der Waals surface area contributed by atoms with E-state index in [0.29, 0.717) is 12.1 Å². The van der Waals surface area contributed by atoms with Crippen molar-refractivity contribution < 1.29 is 14.4 Å². The second kappa shape index (κ2) is 8.21. The molecule has 0 unspecified atom stereocenters. The Kier molecular flexibility index (Phi) is 6.24. The van der Waals surface area contributed by atoms with Gasteiger partial charge in [0.15, 0.2) is 5.71 Å². The van der Waals surface area contributed by atoms with Crippen LogP contribution in [-0.4, -0.2) is 31.4 Å². The van der Waals surface area contributed by atoms with Crippen molar-refractivity contribution in [2.75, 3.05) is 14.2 Å². The van der Waals surface area contributed by atoms with Crippen molar-refractivity contribution in [3.05, 3.63) is 52.6 Å². The Morgan fingerprint density at radius 1 is 1.12 bits per heavy atom. The molecular weight excluding hydrogens is 328 g/mol. The molecule has 0 fully saturated rings. The molecule has 5 heteroatoms. The van der Waals surface area contributed by atoms with Gasteiger partial charge in [0.05, 0.1) is 0 Å². The summed E-state index contributed by atoms with van der Waals surface area (Å²) in [5.74, 6) is 0.528. The molecule has 1 amide bonds. The first-order valence-electron chi connectivity index (χ1n) is 8.75. The lowest BCUT2D eigenvalue weighted by molar-refractivity contribution is -0.114. The van der Waals surface area contributed by atoms with Gasteiger partial charge in [0.25, 0.3) is 5.91 Å². The van der Waals surface area contributed by atoms with E-state index in [9.17, 15) is 4.79 Å². The molecule has 1 aromatic rings. The average molecular weight is 356 g/mol. The summed E-state index contributed by atoms with van der Waals surface area (Å²) in [7, 11) is 3.04. The third-order valence-corrected chi connectivity index (χ3v) is 4.73. The summed E-state index contributed by atoms with van der Waals surface area (Å²) in [6, 6.07) is 9.71. The topological polar surface area (TPSA) is 59.9 Å². The number of hydrogen-bond acceptors (Lipinski definition) is 4. The predicted octanol–water partition coefficient (Wildman–Crippen LogP) is 4.02. The van der Waals surface area contributed by atoms with E-state index >= 15 is 0 Å². The van der Waals surface area contributed by atoms with Gasteiger partial charge in [-0.1, -0.05) is 34.5 Å². The number of ether oxygens (including phenoxy) is 1. The highest BCUT2D eigenvalue weighted by atomic mass is 16.6. The molecule has 0 spiro atoms. The van der Waals surface area contributed by atoms with Crippen molar-refractivity contribution in [3.63, 3.8) is 0 Å². The summed E-state index contributed by atoms with van der Waals surface area (Å²) in [5.41, 5.74) is 4.16. The third-order valence-electron chi connectivity index (χ3n) is 4.73. The Morgan fingerprint density at radius 2 is 1.73 bits per heavy atom. The van der Waals surface area contributed by atoms with E-state index in [-0.39, 0.29) is 5.91 Å². The fraction of sp³-hybridized carbons (Fsp3) is 0.429. The summed E-state index contributed by atoms with van der Waals surface area (Å²) in [6.45, 7) is 8.26. The SMILES string of the molecule is CNC(=O)/C(=N\OC)C1=C(C(C)(C)Oc2ccccc2)CC(C)=C(C)C1. The van der Waals surface area contributed by atoms with Crippen LogP contribution in [0.25, 0.3) is 0 Å². The Bertz CT molecular complexity index is 759. The molecule has 0 radical (unpaired) electrons. The van der Waals surface area contributed by atoms with E-state index in [1.165, 1.54) is 18.3 Å². The highest BCUT2D eigenvalue weighted by Gasteiger charge is 2.34. The molecule has 140 valence electrons. The molecule has 1 aromatic carbocycles. The lowest BCUT2D eigenvalue weighted by atomic mass is 9.78. The highest BCUT2D eigenvalue weighted by molar-refractivity contribution is 6.45. The zero-order valence-corrected chi connectivity index (χ0v) is 16.5. The summed E-state index contributed by atoms with van der Waals surface area (Å²) < 4.78 is 6.29. The van der Waals surface area contributed by atoms with Gasteiger partial charge in [-0.3, -0.25) is 4.79 Å². The highest BCUT2D eigenvalue weighted by Crippen LogP contribution is 2.38. The van der Waals surface area contributed by atoms with Crippen LogP contribution >= 0.6 is 0 Å². The van der Waals surface area contributed by atoms with Gasteiger partial charge >= 0.3 is 0 Å². The predicted molar refractivity (Wildman–Crippen MR) is 104 cm³/mol. The number of carbonyl (C=O) groups excluding carboxylic acids is 1. The standard InChI is InChI=1S/C21H28N2O3/c1-14-12-17(19(23-25-6)20(24)22-5)18(13-15(14)2)21(3,4)26-16-10-8-7-9-11-16/h7-11H,12-13H2,1-6H3,(H,22,24)/b23-19-. The van der Waals surface area contributed by atoms with Crippen LogP contribution in [0, 0.1) is 0 Å². The minimum absolute atomic E-state index is 0.262. The lowest BCUT2D eigenvalue weighted by Crippen LogP contribution is -2.37. The van der Waals surface area contributed by atoms with Gasteiger partial charge < -0.3 is 14.9 Å². The maximum Gasteiger partial charge on any atom is 0.273 e. The second-order valence-corrected chi connectivity index (χ2v) is 7.00. The Labute approximate surface area is 155 Å². The maximum absolute atomic E-state index is 12.4. The first-order valence-corrected chi connectivity index (χ1v) is 8.75. The van der Waals surface area contributed by atoms with E-state index in [0.717, 1.165) is 23.3 Å². The number of nitrogens with zero attached hydrogens (tertiary/aromatic N) is 1. The number of benzene rings is 1. The van der Waals surface area contributed by atoms with Crippen molar-refractivity contribution in [3.8, 4) is 5.75 Å². The first kappa shape index (κ1) is 19.8. The van der Waals surface area contributed by atoms with Gasteiger partial charge in [-0.25, -0.2) is 0 Å². The quantitative estimate of drug-likeness (QED) is 0.476. The van der Waals surface area contributed by atoms with Gasteiger partial charge in [-0.15, -0.1) is 0 Å². The Balaban J connectivity index is 2.53. The fourth-order valence-corrected chi connectivity index (χ4v) is 3.14. The molecule has 5 nitrogen and oxygen atoms in total. The second-order valence-electron chi connectivity index (χ2n) is 7.00. The summed E-state index contributed by atoms with van der Waals surface area (Å²) in [6.07, 6.45) is 1.39. The van der Waals surface area contributed by atoms with Crippen molar-refractivity contribution in [1.29, 1.82) is 0 Å². The van der Waals surface area contributed by atoms with E-state index < -0.39 is 5.60 Å². The molecule has 0 atom stereocenters. The minimum Gasteiger partial charge on any atom is -0.483 e. The fourth-order valence-electron chi connectivity index (χ4n) is 3.14. The van der Waals surface area contributed by atoms with Crippen molar-refractivity contribution in [2.45, 2.75) is 46.1 Å². The Morgan fingerprint density at radius 3 is 2.31 bits per heavy atom. The summed E-state index contributed by atoms with van der Waals surface area (Å²) in [4.78, 5) is 17.4. The molecule has 26 heavy (non-hydrogen) atoms. The van der Waals surface area contributed by atoms with Gasteiger partial charge in [0.2, 0.25) is 0 Å². The normalized spacial score (nSPS) is 15.8. The summed E-state index contributed by atoms with van der Waals surface area (Å²) >= 11 is 0. The minimum atomic E-state index is -0.596. The average Bonchev–Trinajstić information content (AvgIpc) is 2.61. The first-order chi connectivity index (χ1) is 12.3. The number of rotatable bonds is 6. The molecule has 1 N–H and O–H groups in total. The van der Waals surface area contributed by atoms with Crippen LogP contribution in [-0.2, 0) is 9.63 Å². The number of hydrogen-bond donors (Lipinski definition) is 1. The molecule has 0 heterocycles. The van der Waals surface area contributed by atoms with E-state index in [1.54, 1.807) is 7.05 Å². The number of amides is 1. The molecular formula is C21H28N2O3. The third kappa shape index (κ3) is 4.34. The van der Waals surface area contributed by atoms with E-state index in [1.807, 2.05) is 44.2 Å². The van der Waals surface area contributed by atoms with Gasteiger partial charge in [-0.2, -0.15) is 0 Å². The molecule has 0 aromatic heterocycles. The maximum atomic E-state index is 12.4. The molecule has 0 aliphatic heterocycles. The van der Waals surface area contributed by atoms with Crippen molar-refractivity contribution in [2.24, 2.45) is 5.16 Å². The smallest absolute Gasteiger partial charge is 0.273 e.